The van der Waals surface area contributed by atoms with Crippen LogP contribution in [0.15, 0.2) is 12.1 Å². The summed E-state index contributed by atoms with van der Waals surface area (Å²) in [5.74, 6) is 1.33. The first-order valence-corrected chi connectivity index (χ1v) is 8.48. The van der Waals surface area contributed by atoms with Crippen LogP contribution in [0.1, 0.15) is 36.5 Å². The number of nitrogens with zero attached hydrogens (tertiary/aromatic N) is 1. The summed E-state index contributed by atoms with van der Waals surface area (Å²) in [6.07, 6.45) is 2.92. The second-order valence-corrected chi connectivity index (χ2v) is 6.24. The molecule has 1 amide bonds. The van der Waals surface area contributed by atoms with Gasteiger partial charge in [0.15, 0.2) is 11.5 Å². The Kier molecular flexibility index (Phi) is 6.54. The zero-order valence-corrected chi connectivity index (χ0v) is 14.6. The molecule has 2 N–H and O–H groups in total. The van der Waals surface area contributed by atoms with Crippen molar-refractivity contribution in [3.05, 3.63) is 22.7 Å². The van der Waals surface area contributed by atoms with Crippen molar-refractivity contribution in [2.75, 3.05) is 33.4 Å². The maximum Gasteiger partial charge on any atom is 0.254 e. The Morgan fingerprint density at radius 1 is 1.48 bits per heavy atom. The highest BCUT2D eigenvalue weighted by Gasteiger charge is 2.27. The molecule has 6 heteroatoms. The smallest absolute Gasteiger partial charge is 0.254 e. The number of carbonyl (C=O) groups is 1. The number of ether oxygens (including phenoxy) is 2. The van der Waals surface area contributed by atoms with Crippen LogP contribution in [-0.2, 0) is 0 Å². The lowest BCUT2D eigenvalue weighted by atomic mass is 10.1. The first kappa shape index (κ1) is 17.9. The predicted octanol–water partition coefficient (Wildman–Crippen LogP) is 2.95. The fraction of sp³-hybridized carbons (Fsp3) is 0.588. The summed E-state index contributed by atoms with van der Waals surface area (Å²) < 4.78 is 11.0. The van der Waals surface area contributed by atoms with Crippen molar-refractivity contribution in [3.63, 3.8) is 0 Å². The van der Waals surface area contributed by atoms with Crippen LogP contribution in [0.4, 0.5) is 0 Å². The van der Waals surface area contributed by atoms with Crippen molar-refractivity contribution < 1.29 is 14.3 Å². The number of hydrogen-bond acceptors (Lipinski definition) is 4. The first-order valence-electron chi connectivity index (χ1n) is 8.10. The van der Waals surface area contributed by atoms with Crippen molar-refractivity contribution >= 4 is 17.5 Å². The van der Waals surface area contributed by atoms with Gasteiger partial charge in [-0.1, -0.05) is 24.9 Å². The molecule has 0 unspecified atom stereocenters. The van der Waals surface area contributed by atoms with Gasteiger partial charge in [-0.25, -0.2) is 0 Å². The summed E-state index contributed by atoms with van der Waals surface area (Å²) in [7, 11) is 1.55. The number of methoxy groups -OCH3 is 1. The number of unbranched alkanes of at least 4 members (excludes halogenated alkanes) is 1. The van der Waals surface area contributed by atoms with Crippen LogP contribution < -0.4 is 15.2 Å². The van der Waals surface area contributed by atoms with Gasteiger partial charge in [0, 0.05) is 18.7 Å². The van der Waals surface area contributed by atoms with Crippen LogP contribution in [-0.4, -0.2) is 44.2 Å². The van der Waals surface area contributed by atoms with Crippen molar-refractivity contribution in [3.8, 4) is 11.5 Å². The lowest BCUT2D eigenvalue weighted by Crippen LogP contribution is -2.29. The molecule has 0 radical (unpaired) electrons. The van der Waals surface area contributed by atoms with Gasteiger partial charge < -0.3 is 20.1 Å². The Hall–Kier alpha value is -1.46. The monoisotopic (exact) mass is 340 g/mol. The molecule has 1 heterocycles. The highest BCUT2D eigenvalue weighted by atomic mass is 35.5. The van der Waals surface area contributed by atoms with Gasteiger partial charge in [0.25, 0.3) is 5.91 Å². The van der Waals surface area contributed by atoms with Gasteiger partial charge in [-0.05, 0) is 37.4 Å². The summed E-state index contributed by atoms with van der Waals surface area (Å²) in [6.45, 7) is 4.70. The number of carbonyl (C=O) groups excluding carboxylic acids is 1. The largest absolute Gasteiger partial charge is 0.493 e. The summed E-state index contributed by atoms with van der Waals surface area (Å²) in [4.78, 5) is 14.5. The first-order chi connectivity index (χ1) is 11.1. The molecule has 1 aromatic rings. The highest BCUT2D eigenvalue weighted by Crippen LogP contribution is 2.37. The number of rotatable bonds is 7. The molecule has 1 aliphatic heterocycles. The van der Waals surface area contributed by atoms with Crippen LogP contribution in [0.5, 0.6) is 11.5 Å². The average molecular weight is 341 g/mol. The van der Waals surface area contributed by atoms with E-state index in [9.17, 15) is 4.79 Å². The molecule has 5 nitrogen and oxygen atoms in total. The number of amides is 1. The Labute approximate surface area is 142 Å². The maximum absolute atomic E-state index is 12.6. The molecule has 0 bridgehead atoms. The molecule has 1 aromatic carbocycles. The highest BCUT2D eigenvalue weighted by molar-refractivity contribution is 6.32. The fourth-order valence-corrected chi connectivity index (χ4v) is 2.96. The summed E-state index contributed by atoms with van der Waals surface area (Å²) in [5.41, 5.74) is 6.21. The molecule has 0 saturated carbocycles. The molecule has 0 spiro atoms. The van der Waals surface area contributed by atoms with E-state index in [-0.39, 0.29) is 5.91 Å². The normalized spacial score (nSPS) is 17.4. The molecular weight excluding hydrogens is 316 g/mol. The van der Waals surface area contributed by atoms with Crippen LogP contribution in [0.3, 0.4) is 0 Å². The van der Waals surface area contributed by atoms with Crippen molar-refractivity contribution in [1.82, 2.24) is 4.90 Å². The van der Waals surface area contributed by atoms with Crippen LogP contribution in [0.25, 0.3) is 0 Å². The average Bonchev–Trinajstić information content (AvgIpc) is 3.04. The summed E-state index contributed by atoms with van der Waals surface area (Å²) in [6, 6.07) is 3.36. The minimum atomic E-state index is -0.0405. The van der Waals surface area contributed by atoms with Gasteiger partial charge in [0.05, 0.1) is 18.7 Å². The molecule has 1 saturated heterocycles. The molecule has 0 aromatic heterocycles. The van der Waals surface area contributed by atoms with E-state index >= 15 is 0 Å². The third-order valence-corrected chi connectivity index (χ3v) is 4.41. The minimum absolute atomic E-state index is 0.0405. The second-order valence-electron chi connectivity index (χ2n) is 5.83. The zero-order chi connectivity index (χ0) is 16.8. The van der Waals surface area contributed by atoms with Crippen molar-refractivity contribution in [2.24, 2.45) is 11.7 Å². The molecule has 128 valence electrons. The van der Waals surface area contributed by atoms with Gasteiger partial charge >= 0.3 is 0 Å². The summed E-state index contributed by atoms with van der Waals surface area (Å²) in [5, 5.41) is 0.401. The summed E-state index contributed by atoms with van der Waals surface area (Å²) >= 11 is 6.30. The Morgan fingerprint density at radius 2 is 2.26 bits per heavy atom. The van der Waals surface area contributed by atoms with E-state index in [4.69, 9.17) is 26.8 Å². The lowest BCUT2D eigenvalue weighted by molar-refractivity contribution is 0.0787. The number of likely N-dealkylation sites (tertiary alicyclic amines) is 1. The Balaban J connectivity index is 2.17. The third-order valence-electron chi connectivity index (χ3n) is 4.13. The standard InChI is InChI=1S/C17H25ClN2O3/c1-3-4-7-23-16-14(18)8-13(9-15(16)22-2)17(21)20-6-5-12(10-19)11-20/h8-9,12H,3-7,10-11,19H2,1-2H3/t12-/m1/s1. The number of nitrogens with two attached hydrogens (primary N) is 1. The van der Waals surface area contributed by atoms with E-state index in [0.29, 0.717) is 47.7 Å². The van der Waals surface area contributed by atoms with E-state index in [0.717, 1.165) is 25.8 Å². The fourth-order valence-electron chi connectivity index (χ4n) is 2.69. The van der Waals surface area contributed by atoms with E-state index in [1.807, 2.05) is 4.90 Å². The second kappa shape index (κ2) is 8.41. The molecule has 1 fully saturated rings. The van der Waals surface area contributed by atoms with Crippen LogP contribution >= 0.6 is 11.6 Å². The van der Waals surface area contributed by atoms with Gasteiger partial charge in [-0.2, -0.15) is 0 Å². The predicted molar refractivity (Wildman–Crippen MR) is 91.5 cm³/mol. The molecule has 2 rings (SSSR count). The van der Waals surface area contributed by atoms with Gasteiger partial charge in [0.1, 0.15) is 0 Å². The molecule has 23 heavy (non-hydrogen) atoms. The number of benzene rings is 1. The Bertz CT molecular complexity index is 551. The third kappa shape index (κ3) is 4.30. The van der Waals surface area contributed by atoms with E-state index in [1.54, 1.807) is 19.2 Å². The van der Waals surface area contributed by atoms with Crippen LogP contribution in [0, 0.1) is 5.92 Å². The Morgan fingerprint density at radius 3 is 2.87 bits per heavy atom. The minimum Gasteiger partial charge on any atom is -0.493 e. The number of hydrogen-bond donors (Lipinski definition) is 1. The van der Waals surface area contributed by atoms with Crippen LogP contribution in [0.2, 0.25) is 5.02 Å². The van der Waals surface area contributed by atoms with Gasteiger partial charge in [-0.3, -0.25) is 4.79 Å². The van der Waals surface area contributed by atoms with E-state index in [1.165, 1.54) is 0 Å². The lowest BCUT2D eigenvalue weighted by Gasteiger charge is -2.18. The van der Waals surface area contributed by atoms with Crippen molar-refractivity contribution in [2.45, 2.75) is 26.2 Å². The SMILES string of the molecule is CCCCOc1c(Cl)cc(C(=O)N2CC[C@H](CN)C2)cc1OC. The quantitative estimate of drug-likeness (QED) is 0.775. The zero-order valence-electron chi connectivity index (χ0n) is 13.8. The molecule has 1 aliphatic rings. The molecule has 1 atom stereocenters. The molecular formula is C17H25ClN2O3. The van der Waals surface area contributed by atoms with E-state index < -0.39 is 0 Å². The maximum atomic E-state index is 12.6. The van der Waals surface area contributed by atoms with Gasteiger partial charge in [-0.15, -0.1) is 0 Å². The van der Waals surface area contributed by atoms with Gasteiger partial charge in [0.2, 0.25) is 0 Å². The number of halogens is 1. The molecule has 0 aliphatic carbocycles. The topological polar surface area (TPSA) is 64.8 Å². The van der Waals surface area contributed by atoms with Crippen molar-refractivity contribution in [1.29, 1.82) is 0 Å². The van der Waals surface area contributed by atoms with E-state index in [2.05, 4.69) is 6.92 Å².